The molecule has 26 heavy (non-hydrogen) atoms. The standard InChI is InChI=1S/C19H23ClN2O4/c1-11(2)14-10-26-19-6-7-21(16(19)9-17(23)22(14)19)18(24)13-8-12(20)4-5-15(13)25-3/h4-5,8,11,14,16H,6-7,9-10H2,1-3H3/t14-,16+,19-/m0/s1. The number of nitrogens with zero attached hydrogens (tertiary/aromatic N) is 2. The van der Waals surface area contributed by atoms with E-state index in [0.29, 0.717) is 48.2 Å². The molecule has 140 valence electrons. The highest BCUT2D eigenvalue weighted by atomic mass is 35.5. The summed E-state index contributed by atoms with van der Waals surface area (Å²) in [7, 11) is 1.53. The fourth-order valence-corrected chi connectivity index (χ4v) is 4.79. The normalized spacial score (nSPS) is 30.1. The Bertz CT molecular complexity index is 768. The van der Waals surface area contributed by atoms with E-state index in [9.17, 15) is 9.59 Å². The van der Waals surface area contributed by atoms with Crippen LogP contribution in [0.4, 0.5) is 0 Å². The average Bonchev–Trinajstić information content (AvgIpc) is 3.23. The zero-order chi connectivity index (χ0) is 18.6. The van der Waals surface area contributed by atoms with Crippen LogP contribution < -0.4 is 4.74 Å². The van der Waals surface area contributed by atoms with Gasteiger partial charge in [0.2, 0.25) is 5.91 Å². The summed E-state index contributed by atoms with van der Waals surface area (Å²) in [6, 6.07) is 4.80. The first-order chi connectivity index (χ1) is 12.4. The van der Waals surface area contributed by atoms with E-state index < -0.39 is 5.72 Å². The van der Waals surface area contributed by atoms with Crippen molar-refractivity contribution in [1.82, 2.24) is 9.80 Å². The Balaban J connectivity index is 1.67. The molecule has 1 spiro atoms. The van der Waals surface area contributed by atoms with Gasteiger partial charge in [0.15, 0.2) is 5.72 Å². The second-order valence-corrected chi connectivity index (χ2v) is 7.98. The molecule has 0 saturated carbocycles. The van der Waals surface area contributed by atoms with Crippen molar-refractivity contribution in [3.05, 3.63) is 28.8 Å². The van der Waals surface area contributed by atoms with Crippen molar-refractivity contribution < 1.29 is 19.1 Å². The summed E-state index contributed by atoms with van der Waals surface area (Å²) in [6.45, 7) is 5.28. The van der Waals surface area contributed by atoms with E-state index in [0.717, 1.165) is 0 Å². The van der Waals surface area contributed by atoms with E-state index in [-0.39, 0.29) is 23.9 Å². The third kappa shape index (κ3) is 2.35. The lowest BCUT2D eigenvalue weighted by Crippen LogP contribution is -2.51. The molecule has 7 heteroatoms. The van der Waals surface area contributed by atoms with Gasteiger partial charge in [0, 0.05) is 18.0 Å². The highest BCUT2D eigenvalue weighted by molar-refractivity contribution is 6.31. The number of hydrogen-bond acceptors (Lipinski definition) is 4. The van der Waals surface area contributed by atoms with Crippen LogP contribution in [0.2, 0.25) is 5.02 Å². The predicted octanol–water partition coefficient (Wildman–Crippen LogP) is 2.55. The van der Waals surface area contributed by atoms with E-state index in [4.69, 9.17) is 21.1 Å². The minimum atomic E-state index is -0.673. The number of amides is 2. The number of likely N-dealkylation sites (tertiary alicyclic amines) is 1. The van der Waals surface area contributed by atoms with Gasteiger partial charge in [-0.25, -0.2) is 0 Å². The van der Waals surface area contributed by atoms with Gasteiger partial charge >= 0.3 is 0 Å². The van der Waals surface area contributed by atoms with Crippen LogP contribution in [0.1, 0.15) is 37.0 Å². The number of hydrogen-bond donors (Lipinski definition) is 0. The van der Waals surface area contributed by atoms with Crippen LogP contribution in [0, 0.1) is 5.92 Å². The van der Waals surface area contributed by atoms with Gasteiger partial charge in [-0.1, -0.05) is 25.4 Å². The van der Waals surface area contributed by atoms with Gasteiger partial charge in [0.05, 0.1) is 37.8 Å². The van der Waals surface area contributed by atoms with Crippen LogP contribution >= 0.6 is 11.6 Å². The monoisotopic (exact) mass is 378 g/mol. The van der Waals surface area contributed by atoms with Crippen molar-refractivity contribution in [3.63, 3.8) is 0 Å². The second kappa shape index (κ2) is 6.13. The van der Waals surface area contributed by atoms with Crippen molar-refractivity contribution in [2.45, 2.75) is 44.5 Å². The van der Waals surface area contributed by atoms with Gasteiger partial charge in [0.1, 0.15) is 5.75 Å². The molecule has 3 heterocycles. The molecule has 3 aliphatic heterocycles. The van der Waals surface area contributed by atoms with Crippen LogP contribution in [-0.4, -0.2) is 59.7 Å². The van der Waals surface area contributed by atoms with Crippen molar-refractivity contribution in [2.24, 2.45) is 5.92 Å². The number of ether oxygens (including phenoxy) is 2. The maximum atomic E-state index is 13.2. The Morgan fingerprint density at radius 2 is 2.19 bits per heavy atom. The third-order valence-electron chi connectivity index (χ3n) is 5.91. The zero-order valence-corrected chi connectivity index (χ0v) is 16.0. The van der Waals surface area contributed by atoms with Crippen LogP contribution in [0.25, 0.3) is 0 Å². The van der Waals surface area contributed by atoms with Crippen molar-refractivity contribution >= 4 is 23.4 Å². The first kappa shape index (κ1) is 17.6. The largest absolute Gasteiger partial charge is 0.496 e. The molecule has 0 unspecified atom stereocenters. The Kier molecular flexibility index (Phi) is 4.15. The van der Waals surface area contributed by atoms with Gasteiger partial charge in [-0.2, -0.15) is 0 Å². The van der Waals surface area contributed by atoms with E-state index in [1.54, 1.807) is 23.1 Å². The number of carbonyl (C=O) groups excluding carboxylic acids is 2. The molecule has 3 fully saturated rings. The Labute approximate surface area is 158 Å². The summed E-state index contributed by atoms with van der Waals surface area (Å²) in [5, 5.41) is 0.476. The fraction of sp³-hybridized carbons (Fsp3) is 0.579. The third-order valence-corrected chi connectivity index (χ3v) is 6.15. The molecule has 3 atom stereocenters. The minimum Gasteiger partial charge on any atom is -0.496 e. The summed E-state index contributed by atoms with van der Waals surface area (Å²) in [5.41, 5.74) is -0.255. The predicted molar refractivity (Wildman–Crippen MR) is 96.2 cm³/mol. The molecule has 0 radical (unpaired) electrons. The molecule has 1 aromatic carbocycles. The quantitative estimate of drug-likeness (QED) is 0.811. The Morgan fingerprint density at radius 1 is 1.42 bits per heavy atom. The topological polar surface area (TPSA) is 59.1 Å². The lowest BCUT2D eigenvalue weighted by Gasteiger charge is -2.34. The molecule has 0 bridgehead atoms. The van der Waals surface area contributed by atoms with E-state index >= 15 is 0 Å². The lowest BCUT2D eigenvalue weighted by molar-refractivity contribution is -0.139. The lowest BCUT2D eigenvalue weighted by atomic mass is 10.0. The van der Waals surface area contributed by atoms with Gasteiger partial charge in [-0.15, -0.1) is 0 Å². The van der Waals surface area contributed by atoms with Crippen LogP contribution in [0.3, 0.4) is 0 Å². The molecule has 1 aromatic rings. The van der Waals surface area contributed by atoms with Gasteiger partial charge in [0.25, 0.3) is 5.91 Å². The van der Waals surface area contributed by atoms with Gasteiger partial charge in [-0.3, -0.25) is 9.59 Å². The molecule has 3 aliphatic rings. The molecule has 4 rings (SSSR count). The molecule has 0 N–H and O–H groups in total. The maximum absolute atomic E-state index is 13.2. The molecule has 2 amide bonds. The average molecular weight is 379 g/mol. The van der Waals surface area contributed by atoms with Crippen molar-refractivity contribution in [2.75, 3.05) is 20.3 Å². The number of halogens is 1. The van der Waals surface area contributed by atoms with Crippen molar-refractivity contribution in [3.8, 4) is 5.75 Å². The summed E-state index contributed by atoms with van der Waals surface area (Å²) in [5.74, 6) is 0.697. The smallest absolute Gasteiger partial charge is 0.258 e. The second-order valence-electron chi connectivity index (χ2n) is 7.54. The molecule has 0 aliphatic carbocycles. The summed E-state index contributed by atoms with van der Waals surface area (Å²) in [6.07, 6.45) is 0.944. The number of rotatable bonds is 3. The first-order valence-corrected chi connectivity index (χ1v) is 9.37. The van der Waals surface area contributed by atoms with E-state index in [2.05, 4.69) is 13.8 Å². The van der Waals surface area contributed by atoms with Gasteiger partial charge < -0.3 is 19.3 Å². The van der Waals surface area contributed by atoms with E-state index in [1.165, 1.54) is 7.11 Å². The maximum Gasteiger partial charge on any atom is 0.258 e. The van der Waals surface area contributed by atoms with Crippen molar-refractivity contribution in [1.29, 1.82) is 0 Å². The van der Waals surface area contributed by atoms with Gasteiger partial charge in [-0.05, 0) is 24.1 Å². The van der Waals surface area contributed by atoms with Crippen LogP contribution in [0.15, 0.2) is 18.2 Å². The fourth-order valence-electron chi connectivity index (χ4n) is 4.62. The first-order valence-electron chi connectivity index (χ1n) is 8.99. The van der Waals surface area contributed by atoms with Crippen LogP contribution in [0.5, 0.6) is 5.75 Å². The van der Waals surface area contributed by atoms with E-state index in [1.807, 2.05) is 4.90 Å². The highest BCUT2D eigenvalue weighted by Crippen LogP contribution is 2.49. The number of methoxy groups -OCH3 is 1. The highest BCUT2D eigenvalue weighted by Gasteiger charge is 2.65. The molecule has 3 saturated heterocycles. The molecular formula is C19H23ClN2O4. The molecule has 0 aromatic heterocycles. The minimum absolute atomic E-state index is 0.0711. The Hall–Kier alpha value is -1.79. The molecular weight excluding hydrogens is 356 g/mol. The zero-order valence-electron chi connectivity index (χ0n) is 15.2. The summed E-state index contributed by atoms with van der Waals surface area (Å²) in [4.78, 5) is 29.6. The number of carbonyl (C=O) groups is 2. The molecule has 6 nitrogen and oxygen atoms in total. The number of benzene rings is 1. The summed E-state index contributed by atoms with van der Waals surface area (Å²) < 4.78 is 11.5. The van der Waals surface area contributed by atoms with Crippen LogP contribution in [-0.2, 0) is 9.53 Å². The Morgan fingerprint density at radius 3 is 2.88 bits per heavy atom. The summed E-state index contributed by atoms with van der Waals surface area (Å²) >= 11 is 6.09. The SMILES string of the molecule is COc1ccc(Cl)cc1C(=O)N1CC[C@@]23OC[C@@H](C(C)C)N2C(=O)C[C@@H]13.